The summed E-state index contributed by atoms with van der Waals surface area (Å²) in [6.07, 6.45) is 2.33. The molecule has 1 saturated heterocycles. The lowest BCUT2D eigenvalue weighted by Gasteiger charge is -2.11. The quantitative estimate of drug-likeness (QED) is 0.682. The summed E-state index contributed by atoms with van der Waals surface area (Å²) in [4.78, 5) is 23.7. The number of nitrogens with zero attached hydrogens (tertiary/aromatic N) is 3. The Balaban J connectivity index is 1.96. The van der Waals surface area contributed by atoms with Crippen LogP contribution in [0.4, 0.5) is 4.79 Å². The molecule has 1 aliphatic rings. The number of hydrogen-bond donors (Lipinski definition) is 1. The molecule has 0 radical (unpaired) electrons. The summed E-state index contributed by atoms with van der Waals surface area (Å²) in [7, 11) is 1.83. The average Bonchev–Trinajstić information content (AvgIpc) is 2.73. The smallest absolute Gasteiger partial charge is 0.324 e. The first-order valence-corrected chi connectivity index (χ1v) is 4.73. The minimum Gasteiger partial charge on any atom is -0.329 e. The van der Waals surface area contributed by atoms with E-state index in [4.69, 9.17) is 0 Å². The third-order valence-corrected chi connectivity index (χ3v) is 2.45. The Labute approximate surface area is 86.9 Å². The standard InChI is InChI=1S/C9H12N4O2/c1-12-7(2-4-11-12)3-5-13-8(14)6-10-9(13)15/h2,4H,3,5-6H2,1H3,(H,10,15). The molecule has 3 amide bonds. The van der Waals surface area contributed by atoms with E-state index in [9.17, 15) is 9.59 Å². The van der Waals surface area contributed by atoms with Crippen molar-refractivity contribution in [2.75, 3.05) is 13.1 Å². The number of rotatable bonds is 3. The zero-order chi connectivity index (χ0) is 10.8. The fourth-order valence-corrected chi connectivity index (χ4v) is 1.55. The monoisotopic (exact) mass is 208 g/mol. The molecule has 1 fully saturated rings. The maximum atomic E-state index is 11.2. The molecule has 80 valence electrons. The summed E-state index contributed by atoms with van der Waals surface area (Å²) in [6.45, 7) is 0.522. The number of carbonyl (C=O) groups excluding carboxylic acids is 2. The van der Waals surface area contributed by atoms with Crippen LogP contribution >= 0.6 is 0 Å². The normalized spacial score (nSPS) is 15.9. The maximum absolute atomic E-state index is 11.2. The van der Waals surface area contributed by atoms with E-state index in [1.165, 1.54) is 4.90 Å². The average molecular weight is 208 g/mol. The van der Waals surface area contributed by atoms with Crippen molar-refractivity contribution < 1.29 is 9.59 Å². The van der Waals surface area contributed by atoms with Gasteiger partial charge in [0.25, 0.3) is 0 Å². The predicted octanol–water partition coefficient (Wildman–Crippen LogP) is -0.486. The van der Waals surface area contributed by atoms with E-state index >= 15 is 0 Å². The highest BCUT2D eigenvalue weighted by Crippen LogP contribution is 2.03. The van der Waals surface area contributed by atoms with Crippen LogP contribution in [0, 0.1) is 0 Å². The van der Waals surface area contributed by atoms with Crippen LogP contribution in [0.15, 0.2) is 12.3 Å². The van der Waals surface area contributed by atoms with Gasteiger partial charge < -0.3 is 5.32 Å². The van der Waals surface area contributed by atoms with Crippen LogP contribution in [-0.4, -0.2) is 39.7 Å². The van der Waals surface area contributed by atoms with Crippen molar-refractivity contribution in [3.8, 4) is 0 Å². The van der Waals surface area contributed by atoms with E-state index in [-0.39, 0.29) is 18.5 Å². The zero-order valence-electron chi connectivity index (χ0n) is 8.43. The number of imide groups is 1. The molecule has 6 heteroatoms. The second-order valence-electron chi connectivity index (χ2n) is 3.40. The number of nitrogens with one attached hydrogen (secondary N) is 1. The second kappa shape index (κ2) is 3.72. The highest BCUT2D eigenvalue weighted by atomic mass is 16.2. The molecular formula is C9H12N4O2. The topological polar surface area (TPSA) is 67.2 Å². The van der Waals surface area contributed by atoms with E-state index < -0.39 is 0 Å². The molecule has 1 aromatic heterocycles. The van der Waals surface area contributed by atoms with E-state index in [0.29, 0.717) is 13.0 Å². The molecule has 15 heavy (non-hydrogen) atoms. The van der Waals surface area contributed by atoms with E-state index in [1.54, 1.807) is 10.9 Å². The largest absolute Gasteiger partial charge is 0.329 e. The van der Waals surface area contributed by atoms with Gasteiger partial charge in [0.2, 0.25) is 5.91 Å². The van der Waals surface area contributed by atoms with Gasteiger partial charge in [-0.2, -0.15) is 5.10 Å². The SMILES string of the molecule is Cn1nccc1CCN1C(=O)CNC1=O. The third-order valence-electron chi connectivity index (χ3n) is 2.45. The summed E-state index contributed by atoms with van der Waals surface area (Å²) >= 11 is 0. The van der Waals surface area contributed by atoms with E-state index in [1.807, 2.05) is 13.1 Å². The molecule has 6 nitrogen and oxygen atoms in total. The van der Waals surface area contributed by atoms with Crippen molar-refractivity contribution in [1.82, 2.24) is 20.0 Å². The molecular weight excluding hydrogens is 196 g/mol. The van der Waals surface area contributed by atoms with Gasteiger partial charge in [-0.05, 0) is 6.07 Å². The van der Waals surface area contributed by atoms with Gasteiger partial charge in [-0.25, -0.2) is 4.79 Å². The van der Waals surface area contributed by atoms with Gasteiger partial charge in [-0.3, -0.25) is 14.4 Å². The molecule has 1 aliphatic heterocycles. The first kappa shape index (κ1) is 9.70. The van der Waals surface area contributed by atoms with Crippen molar-refractivity contribution >= 4 is 11.9 Å². The van der Waals surface area contributed by atoms with Gasteiger partial charge in [0, 0.05) is 31.9 Å². The Morgan fingerprint density at radius 3 is 2.87 bits per heavy atom. The Bertz CT molecular complexity index is 383. The van der Waals surface area contributed by atoms with Crippen molar-refractivity contribution in [2.45, 2.75) is 6.42 Å². The van der Waals surface area contributed by atoms with Gasteiger partial charge in [0.1, 0.15) is 0 Å². The number of hydrogen-bond acceptors (Lipinski definition) is 3. The first-order chi connectivity index (χ1) is 7.18. The van der Waals surface area contributed by atoms with Crippen LogP contribution in [0.3, 0.4) is 0 Å². The van der Waals surface area contributed by atoms with Gasteiger partial charge >= 0.3 is 6.03 Å². The van der Waals surface area contributed by atoms with Crippen molar-refractivity contribution in [1.29, 1.82) is 0 Å². The highest BCUT2D eigenvalue weighted by Gasteiger charge is 2.27. The molecule has 0 atom stereocenters. The number of carbonyl (C=O) groups is 2. The molecule has 0 bridgehead atoms. The van der Waals surface area contributed by atoms with Crippen LogP contribution < -0.4 is 5.32 Å². The molecule has 1 N–H and O–H groups in total. The van der Waals surface area contributed by atoms with Crippen molar-refractivity contribution in [2.24, 2.45) is 7.05 Å². The molecule has 0 aromatic carbocycles. The fourth-order valence-electron chi connectivity index (χ4n) is 1.55. The Morgan fingerprint density at radius 2 is 2.33 bits per heavy atom. The van der Waals surface area contributed by atoms with Crippen LogP contribution in [-0.2, 0) is 18.3 Å². The van der Waals surface area contributed by atoms with Crippen LogP contribution in [0.1, 0.15) is 5.69 Å². The minimum atomic E-state index is -0.304. The Kier molecular flexibility index (Phi) is 2.40. The number of aryl methyl sites for hydroxylation is 1. The summed E-state index contributed by atoms with van der Waals surface area (Å²) in [6, 6.07) is 1.57. The molecule has 1 aromatic rings. The van der Waals surface area contributed by atoms with Crippen molar-refractivity contribution in [3.63, 3.8) is 0 Å². The summed E-state index contributed by atoms with van der Waals surface area (Å²) < 4.78 is 1.73. The molecule has 0 aliphatic carbocycles. The van der Waals surface area contributed by atoms with Crippen LogP contribution in [0.5, 0.6) is 0 Å². The number of urea groups is 1. The van der Waals surface area contributed by atoms with E-state index in [2.05, 4.69) is 10.4 Å². The van der Waals surface area contributed by atoms with Gasteiger partial charge in [-0.15, -0.1) is 0 Å². The Morgan fingerprint density at radius 1 is 1.53 bits per heavy atom. The number of aromatic nitrogens is 2. The lowest BCUT2D eigenvalue weighted by molar-refractivity contribution is -0.124. The molecule has 0 saturated carbocycles. The summed E-state index contributed by atoms with van der Waals surface area (Å²) in [5.41, 5.74) is 1.00. The van der Waals surface area contributed by atoms with Gasteiger partial charge in [0.15, 0.2) is 0 Å². The fraction of sp³-hybridized carbons (Fsp3) is 0.444. The third kappa shape index (κ3) is 1.83. The highest BCUT2D eigenvalue weighted by molar-refractivity contribution is 6.01. The van der Waals surface area contributed by atoms with E-state index in [0.717, 1.165) is 5.69 Å². The molecule has 2 rings (SSSR count). The Hall–Kier alpha value is -1.85. The molecule has 0 unspecified atom stereocenters. The second-order valence-corrected chi connectivity index (χ2v) is 3.40. The van der Waals surface area contributed by atoms with Gasteiger partial charge in [0.05, 0.1) is 6.54 Å². The number of amides is 3. The van der Waals surface area contributed by atoms with Crippen molar-refractivity contribution in [3.05, 3.63) is 18.0 Å². The minimum absolute atomic E-state index is 0.115. The molecule has 2 heterocycles. The van der Waals surface area contributed by atoms with Gasteiger partial charge in [-0.1, -0.05) is 0 Å². The lowest BCUT2D eigenvalue weighted by Crippen LogP contribution is -2.33. The zero-order valence-corrected chi connectivity index (χ0v) is 8.43. The lowest BCUT2D eigenvalue weighted by atomic mass is 10.3. The van der Waals surface area contributed by atoms with Crippen LogP contribution in [0.2, 0.25) is 0 Å². The summed E-state index contributed by atoms with van der Waals surface area (Å²) in [5, 5.41) is 6.49. The van der Waals surface area contributed by atoms with Crippen LogP contribution in [0.25, 0.3) is 0 Å². The summed E-state index contributed by atoms with van der Waals surface area (Å²) in [5.74, 6) is -0.165. The molecule has 0 spiro atoms. The maximum Gasteiger partial charge on any atom is 0.324 e. The predicted molar refractivity (Wildman–Crippen MR) is 52.0 cm³/mol. The first-order valence-electron chi connectivity index (χ1n) is 4.73.